The molecular formula is C95H85Br3N2O6P2Pd. The third-order valence-electron chi connectivity index (χ3n) is 20.0. The molecule has 2 spiro atoms. The minimum atomic E-state index is -1.06. The van der Waals surface area contributed by atoms with Crippen molar-refractivity contribution < 1.29 is 45.7 Å². The number of anilines is 2. The maximum absolute atomic E-state index is 13.0. The maximum Gasteiger partial charge on any atom is -0.0134 e. The smallest absolute Gasteiger partial charge is 0.0134 e. The summed E-state index contributed by atoms with van der Waals surface area (Å²) >= 11 is 12.9. The Labute approximate surface area is 679 Å². The van der Waals surface area contributed by atoms with E-state index in [1.807, 2.05) is 110 Å². The molecule has 109 heavy (non-hydrogen) atoms. The number of carbonyl (C=O) groups is 2. The van der Waals surface area contributed by atoms with Crippen LogP contribution in [0.3, 0.4) is 0 Å². The van der Waals surface area contributed by atoms with Crippen molar-refractivity contribution in [3.05, 3.63) is 398 Å². The zero-order chi connectivity index (χ0) is 76.8. The van der Waals surface area contributed by atoms with Crippen LogP contribution in [0.4, 0.5) is 11.4 Å². The molecule has 2 unspecified atom stereocenters. The Kier molecular flexibility index (Phi) is 26.6. The van der Waals surface area contributed by atoms with E-state index in [0.717, 1.165) is 119 Å². The van der Waals surface area contributed by atoms with Crippen LogP contribution in [0, 0.1) is 34.6 Å². The Morgan fingerprint density at radius 2 is 0.615 bits per heavy atom. The summed E-state index contributed by atoms with van der Waals surface area (Å²) in [5.41, 5.74) is 11.8. The van der Waals surface area contributed by atoms with Crippen molar-refractivity contribution >= 4 is 116 Å². The van der Waals surface area contributed by atoms with Crippen molar-refractivity contribution in [1.82, 2.24) is 0 Å². The van der Waals surface area contributed by atoms with Crippen LogP contribution in [-0.4, -0.2) is 38.1 Å². The molecule has 4 aliphatic rings. The first-order valence-corrected chi connectivity index (χ1v) is 44.3. The van der Waals surface area contributed by atoms with Crippen molar-refractivity contribution in [1.29, 1.82) is 0 Å². The van der Waals surface area contributed by atoms with Gasteiger partial charge in [-0.1, -0.05) is 249 Å². The molecular weight excluding hydrogens is 1670 g/mol. The van der Waals surface area contributed by atoms with Gasteiger partial charge in [0.05, 0.1) is 25.8 Å². The molecule has 13 aromatic carbocycles. The third kappa shape index (κ3) is 16.2. The fourth-order valence-electron chi connectivity index (χ4n) is 14.5. The summed E-state index contributed by atoms with van der Waals surface area (Å²) in [5.74, 6) is 2.31. The molecule has 13 aromatic rings. The zero-order valence-corrected chi connectivity index (χ0v) is 70.3. The number of rotatable bonds is 12. The minimum absolute atomic E-state index is 0.293. The van der Waals surface area contributed by atoms with Gasteiger partial charge in [0.1, 0.15) is 17.2 Å². The molecule has 0 bridgehead atoms. The first-order valence-electron chi connectivity index (χ1n) is 36.4. The van der Waals surface area contributed by atoms with Crippen LogP contribution in [-0.2, 0) is 37.9 Å². The van der Waals surface area contributed by atoms with Crippen LogP contribution in [0.15, 0.2) is 318 Å². The number of halogens is 3. The average molecular weight is 1760 g/mol. The standard InChI is InChI=1S/C27H27NO3.C25H21Br2NO3.2C18H15P.C7H7.BrH.Pd/c1-6-28(7-2)23-15-14-22-25(18(23)5)30-24-17(4)16(3)12-13-21(24)27(22)20-11-9-8-10-19(20)26(29)31-27;1-4-28(5-2)19-13-12-18-23(21(19)27)30-22-17(11-10-14(3)20(22)26)25(18)16-9-7-6-8-15(16)24(29)31-25;2*1-4-10-16(11-5-1)19(17-12-6-2-7-13-17)18-14-8-3-9-15-18;1-7-5-3-2-4-6-7;;/h8-15H,6-7H2,1-5H3;6-13H,4-5H2,1-3H3;2*1-15H;2-6H,1H2;1H;/q;;;;-1;;+2/p-1. The predicted molar refractivity (Wildman–Crippen MR) is 461 cm³/mol. The topological polar surface area (TPSA) is 77.5 Å². The summed E-state index contributed by atoms with van der Waals surface area (Å²) in [7, 11) is -0.892. The Bertz CT molecular complexity index is 4780. The first-order chi connectivity index (χ1) is 53.2. The van der Waals surface area contributed by atoms with Crippen LogP contribution in [0.2, 0.25) is 0 Å². The molecule has 0 fully saturated rings. The Balaban J connectivity index is 0.000000133. The molecule has 0 saturated heterocycles. The van der Waals surface area contributed by atoms with Gasteiger partial charge in [-0.25, -0.2) is 9.59 Å². The van der Waals surface area contributed by atoms with Crippen molar-refractivity contribution in [2.75, 3.05) is 36.0 Å². The van der Waals surface area contributed by atoms with Gasteiger partial charge in [-0.05, 0) is 188 Å². The molecule has 0 N–H and O–H groups in total. The molecule has 4 aliphatic heterocycles. The Morgan fingerprint density at radius 1 is 0.330 bits per heavy atom. The van der Waals surface area contributed by atoms with Crippen LogP contribution in [0.25, 0.3) is 0 Å². The number of carbonyl (C=O) groups excluding carboxylic acids is 2. The summed E-state index contributed by atoms with van der Waals surface area (Å²) in [5, 5.41) is 8.39. The van der Waals surface area contributed by atoms with E-state index in [2.05, 4.69) is 334 Å². The average Bonchev–Trinajstić information content (AvgIpc) is 1.62. The molecule has 4 heterocycles. The number of hydrogen-bond acceptors (Lipinski definition) is 8. The normalized spacial score (nSPS) is 14.6. The van der Waals surface area contributed by atoms with E-state index in [-0.39, 0.29) is 11.9 Å². The molecule has 552 valence electrons. The van der Waals surface area contributed by atoms with Gasteiger partial charge in [0.15, 0.2) is 17.0 Å². The van der Waals surface area contributed by atoms with Crippen molar-refractivity contribution in [3.8, 4) is 23.0 Å². The monoisotopic (exact) mass is 1750 g/mol. The van der Waals surface area contributed by atoms with Crippen LogP contribution in [0.5, 0.6) is 23.0 Å². The van der Waals surface area contributed by atoms with Gasteiger partial charge in [0.2, 0.25) is 0 Å². The number of fused-ring (bicyclic) bond motifs is 12. The van der Waals surface area contributed by atoms with E-state index < -0.39 is 27.0 Å². The van der Waals surface area contributed by atoms with Gasteiger partial charge < -0.3 is 28.7 Å². The molecule has 0 aliphatic carbocycles. The Morgan fingerprint density at radius 3 is 0.972 bits per heavy atom. The van der Waals surface area contributed by atoms with Gasteiger partial charge in [0.25, 0.3) is 0 Å². The van der Waals surface area contributed by atoms with E-state index >= 15 is 0 Å². The van der Waals surface area contributed by atoms with Gasteiger partial charge in [-0.3, -0.25) is 0 Å². The Hall–Kier alpha value is -9.17. The molecule has 14 heteroatoms. The number of benzene rings is 13. The van der Waals surface area contributed by atoms with Crippen LogP contribution < -0.4 is 51.1 Å². The number of ether oxygens (including phenoxy) is 4. The maximum atomic E-state index is 13.0. The summed E-state index contributed by atoms with van der Waals surface area (Å²) in [6, 6.07) is 106. The van der Waals surface area contributed by atoms with E-state index in [0.29, 0.717) is 22.6 Å². The molecule has 0 saturated carbocycles. The van der Waals surface area contributed by atoms with Gasteiger partial charge in [-0.15, -0.1) is 12.1 Å². The van der Waals surface area contributed by atoms with E-state index in [1.54, 1.807) is 0 Å². The summed E-state index contributed by atoms with van der Waals surface area (Å²) < 4.78 is 27.4. The molecule has 0 radical (unpaired) electrons. The van der Waals surface area contributed by atoms with Gasteiger partial charge in [0, 0.05) is 70.8 Å². The van der Waals surface area contributed by atoms with Crippen molar-refractivity contribution in [2.45, 2.75) is 66.6 Å². The number of esters is 2. The number of aryl methyl sites for hydroxylation is 2. The van der Waals surface area contributed by atoms with Crippen molar-refractivity contribution in [3.63, 3.8) is 0 Å². The van der Waals surface area contributed by atoms with E-state index in [1.165, 1.54) is 31.8 Å². The first kappa shape index (κ1) is 79.4. The molecule has 0 aromatic heterocycles. The van der Waals surface area contributed by atoms with Gasteiger partial charge >= 0.3 is 42.6 Å². The predicted octanol–water partition coefficient (Wildman–Crippen LogP) is 22.6. The third-order valence-corrected chi connectivity index (χ3v) is 26.7. The van der Waals surface area contributed by atoms with E-state index in [9.17, 15) is 9.59 Å². The second-order valence-corrected chi connectivity index (χ2v) is 32.3. The van der Waals surface area contributed by atoms with Crippen molar-refractivity contribution in [2.24, 2.45) is 0 Å². The quantitative estimate of drug-likeness (QED) is 0.0518. The second-order valence-electron chi connectivity index (χ2n) is 26.3. The minimum Gasteiger partial charge on any atom is -0.199 e. The summed E-state index contributed by atoms with van der Waals surface area (Å²) in [6.07, 6.45) is 0. The fourth-order valence-corrected chi connectivity index (χ4v) is 20.2. The molecule has 0 amide bonds. The number of hydrogen-bond donors (Lipinski definition) is 0. The van der Waals surface area contributed by atoms with Crippen LogP contribution >= 0.6 is 61.1 Å². The van der Waals surface area contributed by atoms with Crippen LogP contribution in [0.1, 0.15) is 110 Å². The number of nitrogens with zero attached hydrogens (tertiary/aromatic N) is 2. The summed E-state index contributed by atoms with van der Waals surface area (Å²) in [4.78, 5) is 30.5. The van der Waals surface area contributed by atoms with Gasteiger partial charge in [-0.2, -0.15) is 24.6 Å². The fraction of sp³-hybridized carbons (Fsp3) is 0.147. The molecule has 2 atom stereocenters. The summed E-state index contributed by atoms with van der Waals surface area (Å²) in [6.45, 7) is 24.1. The molecule has 8 nitrogen and oxygen atoms in total. The molecule has 17 rings (SSSR count). The zero-order valence-electron chi connectivity index (χ0n) is 62.2. The second kappa shape index (κ2) is 36.6. The SMILES string of the molecule is CCN(CC)c1ccc2c(c1Br)Oc1c(ccc(C)c1Br)C21OC(=O)c2ccccc21.CCN(CC)c1ccc2c(c1C)Oc1c(ccc(C)c1C)C21OC(=O)c2ccccc21.[Br][Pd+].[CH2-]c1ccccc1.c1ccc(P(c2ccccc2)c2ccccc2)cc1.c1ccc(P(c2ccccc2)c2ccccc2)cc1. The van der Waals surface area contributed by atoms with E-state index in [4.69, 9.17) is 18.9 Å². The largest absolute Gasteiger partial charge is 0.199 e.